The molecule has 0 spiro atoms. The number of hydrogen-bond acceptors (Lipinski definition) is 3. The van der Waals surface area contributed by atoms with E-state index in [9.17, 15) is 14.3 Å². The third-order valence-electron chi connectivity index (χ3n) is 3.07. The first-order valence-electron chi connectivity index (χ1n) is 6.44. The summed E-state index contributed by atoms with van der Waals surface area (Å²) in [6, 6.07) is 6.73. The summed E-state index contributed by atoms with van der Waals surface area (Å²) in [5.41, 5.74) is 1.45. The number of carbonyl (C=O) groups excluding carboxylic acids is 1. The SMILES string of the molecule is Cc1cc(NC(=O)NCC(O)c2ccc(F)cc2)nn1C. The first kappa shape index (κ1) is 15.0. The summed E-state index contributed by atoms with van der Waals surface area (Å²) in [5.74, 6) is 0.0611. The van der Waals surface area contributed by atoms with Crippen LogP contribution in [0, 0.1) is 12.7 Å². The number of rotatable bonds is 4. The molecule has 1 aromatic heterocycles. The summed E-state index contributed by atoms with van der Waals surface area (Å²) in [4.78, 5) is 11.7. The van der Waals surface area contributed by atoms with Crippen LogP contribution >= 0.6 is 0 Å². The van der Waals surface area contributed by atoms with Gasteiger partial charge in [0, 0.05) is 25.4 Å². The smallest absolute Gasteiger partial charge is 0.320 e. The minimum absolute atomic E-state index is 0.0171. The van der Waals surface area contributed by atoms with Crippen molar-refractivity contribution in [3.63, 3.8) is 0 Å². The minimum Gasteiger partial charge on any atom is -0.387 e. The Morgan fingerprint density at radius 2 is 2.10 bits per heavy atom. The molecule has 0 bridgehead atoms. The lowest BCUT2D eigenvalue weighted by Gasteiger charge is -2.12. The highest BCUT2D eigenvalue weighted by atomic mass is 19.1. The van der Waals surface area contributed by atoms with Gasteiger partial charge >= 0.3 is 6.03 Å². The Kier molecular flexibility index (Phi) is 4.54. The number of hydrogen-bond donors (Lipinski definition) is 3. The van der Waals surface area contributed by atoms with Crippen molar-refractivity contribution in [1.82, 2.24) is 15.1 Å². The van der Waals surface area contributed by atoms with Gasteiger partial charge in [-0.2, -0.15) is 5.10 Å². The van der Waals surface area contributed by atoms with Crippen molar-refractivity contribution in [3.8, 4) is 0 Å². The number of aliphatic hydroxyl groups excluding tert-OH is 1. The molecule has 0 aliphatic rings. The Labute approximate surface area is 121 Å². The van der Waals surface area contributed by atoms with Crippen LogP contribution in [0.25, 0.3) is 0 Å². The van der Waals surface area contributed by atoms with Crippen molar-refractivity contribution < 1.29 is 14.3 Å². The highest BCUT2D eigenvalue weighted by Crippen LogP contribution is 2.12. The summed E-state index contributed by atoms with van der Waals surface area (Å²) in [6.07, 6.45) is -0.901. The summed E-state index contributed by atoms with van der Waals surface area (Å²) >= 11 is 0. The lowest BCUT2D eigenvalue weighted by Crippen LogP contribution is -2.32. The molecule has 6 nitrogen and oxygen atoms in total. The predicted octanol–water partition coefficient (Wildman–Crippen LogP) is 1.72. The van der Waals surface area contributed by atoms with Crippen LogP contribution in [0.15, 0.2) is 30.3 Å². The number of nitrogens with one attached hydrogen (secondary N) is 2. The molecule has 21 heavy (non-hydrogen) atoms. The standard InChI is InChI=1S/C14H17FN4O2/c1-9-7-13(18-19(9)2)17-14(21)16-8-12(20)10-3-5-11(15)6-4-10/h3-7,12,20H,8H2,1-2H3,(H2,16,17,18,21). The van der Waals surface area contributed by atoms with Gasteiger partial charge in [-0.15, -0.1) is 0 Å². The lowest BCUT2D eigenvalue weighted by atomic mass is 10.1. The van der Waals surface area contributed by atoms with E-state index in [0.29, 0.717) is 11.4 Å². The van der Waals surface area contributed by atoms with Crippen LogP contribution in [0.3, 0.4) is 0 Å². The van der Waals surface area contributed by atoms with Gasteiger partial charge in [-0.1, -0.05) is 12.1 Å². The quantitative estimate of drug-likeness (QED) is 0.803. The lowest BCUT2D eigenvalue weighted by molar-refractivity contribution is 0.175. The van der Waals surface area contributed by atoms with Gasteiger partial charge in [-0.25, -0.2) is 9.18 Å². The Morgan fingerprint density at radius 1 is 1.43 bits per heavy atom. The molecule has 3 N–H and O–H groups in total. The second-order valence-electron chi connectivity index (χ2n) is 4.70. The van der Waals surface area contributed by atoms with Crippen molar-refractivity contribution in [2.24, 2.45) is 7.05 Å². The summed E-state index contributed by atoms with van der Waals surface area (Å²) in [6.45, 7) is 1.89. The zero-order chi connectivity index (χ0) is 15.4. The topological polar surface area (TPSA) is 79.2 Å². The normalized spacial score (nSPS) is 12.0. The monoisotopic (exact) mass is 292 g/mol. The number of amides is 2. The molecule has 1 unspecified atom stereocenters. The Balaban J connectivity index is 1.84. The van der Waals surface area contributed by atoms with Gasteiger partial charge in [-0.05, 0) is 24.6 Å². The summed E-state index contributed by atoms with van der Waals surface area (Å²) in [5, 5.41) is 19.1. The molecule has 1 aromatic carbocycles. The van der Waals surface area contributed by atoms with Crippen LogP contribution in [-0.4, -0.2) is 27.5 Å². The van der Waals surface area contributed by atoms with Crippen LogP contribution < -0.4 is 10.6 Å². The second kappa shape index (κ2) is 6.36. The molecule has 0 radical (unpaired) electrons. The molecule has 2 aromatic rings. The van der Waals surface area contributed by atoms with E-state index in [4.69, 9.17) is 0 Å². The molecule has 2 rings (SSSR count). The number of nitrogens with zero attached hydrogens (tertiary/aromatic N) is 2. The third-order valence-corrected chi connectivity index (χ3v) is 3.07. The molecular formula is C14H17FN4O2. The van der Waals surface area contributed by atoms with E-state index in [-0.39, 0.29) is 12.4 Å². The van der Waals surface area contributed by atoms with Crippen molar-refractivity contribution >= 4 is 11.8 Å². The van der Waals surface area contributed by atoms with Crippen LogP contribution in [0.2, 0.25) is 0 Å². The zero-order valence-electron chi connectivity index (χ0n) is 11.8. The molecule has 1 heterocycles. The average molecular weight is 292 g/mol. The maximum absolute atomic E-state index is 12.8. The maximum atomic E-state index is 12.8. The first-order valence-corrected chi connectivity index (χ1v) is 6.44. The highest BCUT2D eigenvalue weighted by Gasteiger charge is 2.11. The third kappa shape index (κ3) is 4.03. The van der Waals surface area contributed by atoms with E-state index >= 15 is 0 Å². The van der Waals surface area contributed by atoms with E-state index in [1.807, 2.05) is 6.92 Å². The van der Waals surface area contributed by atoms with Gasteiger partial charge in [0.2, 0.25) is 0 Å². The predicted molar refractivity (Wildman–Crippen MR) is 76.3 cm³/mol. The van der Waals surface area contributed by atoms with Crippen molar-refractivity contribution in [3.05, 3.63) is 47.4 Å². The molecule has 0 aliphatic carbocycles. The Morgan fingerprint density at radius 3 is 2.67 bits per heavy atom. The molecule has 0 aliphatic heterocycles. The number of urea groups is 1. The fourth-order valence-electron chi connectivity index (χ4n) is 1.77. The van der Waals surface area contributed by atoms with Crippen LogP contribution in [0.5, 0.6) is 0 Å². The highest BCUT2D eigenvalue weighted by molar-refractivity contribution is 5.88. The Hall–Kier alpha value is -2.41. The van der Waals surface area contributed by atoms with Gasteiger partial charge < -0.3 is 10.4 Å². The second-order valence-corrected chi connectivity index (χ2v) is 4.70. The fraction of sp³-hybridized carbons (Fsp3) is 0.286. The van der Waals surface area contributed by atoms with Crippen LogP contribution in [0.1, 0.15) is 17.4 Å². The molecule has 0 saturated carbocycles. The largest absolute Gasteiger partial charge is 0.387 e. The number of anilines is 1. The molecule has 0 saturated heterocycles. The fourth-order valence-corrected chi connectivity index (χ4v) is 1.77. The van der Waals surface area contributed by atoms with Gasteiger partial charge in [0.05, 0.1) is 6.10 Å². The van der Waals surface area contributed by atoms with Gasteiger partial charge in [0.1, 0.15) is 5.82 Å². The number of benzene rings is 1. The van der Waals surface area contributed by atoms with Gasteiger partial charge in [-0.3, -0.25) is 10.00 Å². The molecular weight excluding hydrogens is 275 g/mol. The van der Waals surface area contributed by atoms with Crippen molar-refractivity contribution in [1.29, 1.82) is 0 Å². The molecule has 7 heteroatoms. The van der Waals surface area contributed by atoms with Crippen molar-refractivity contribution in [2.75, 3.05) is 11.9 Å². The van der Waals surface area contributed by atoms with E-state index in [0.717, 1.165) is 5.69 Å². The van der Waals surface area contributed by atoms with Crippen LogP contribution in [0.4, 0.5) is 15.0 Å². The average Bonchev–Trinajstić information content (AvgIpc) is 2.75. The minimum atomic E-state index is -0.901. The molecule has 2 amide bonds. The van der Waals surface area contributed by atoms with E-state index < -0.39 is 12.1 Å². The van der Waals surface area contributed by atoms with Gasteiger partial charge in [0.15, 0.2) is 5.82 Å². The molecule has 1 atom stereocenters. The first-order chi connectivity index (χ1) is 9.95. The number of aromatic nitrogens is 2. The molecule has 0 fully saturated rings. The van der Waals surface area contributed by atoms with E-state index in [1.54, 1.807) is 17.8 Å². The van der Waals surface area contributed by atoms with E-state index in [2.05, 4.69) is 15.7 Å². The number of halogens is 1. The number of aryl methyl sites for hydroxylation is 2. The molecule has 112 valence electrons. The van der Waals surface area contributed by atoms with E-state index in [1.165, 1.54) is 24.3 Å². The van der Waals surface area contributed by atoms with Gasteiger partial charge in [0.25, 0.3) is 0 Å². The van der Waals surface area contributed by atoms with Crippen LogP contribution in [-0.2, 0) is 7.05 Å². The maximum Gasteiger partial charge on any atom is 0.320 e. The number of carbonyl (C=O) groups is 1. The van der Waals surface area contributed by atoms with Crippen molar-refractivity contribution in [2.45, 2.75) is 13.0 Å². The zero-order valence-corrected chi connectivity index (χ0v) is 11.8. The Bertz CT molecular complexity index is 605. The summed E-state index contributed by atoms with van der Waals surface area (Å²) < 4.78 is 14.4. The summed E-state index contributed by atoms with van der Waals surface area (Å²) in [7, 11) is 1.77. The number of aliphatic hydroxyl groups is 1.